The van der Waals surface area contributed by atoms with Crippen LogP contribution in [-0.2, 0) is 4.74 Å². The highest BCUT2D eigenvalue weighted by atomic mass is 32.1. The van der Waals surface area contributed by atoms with E-state index in [2.05, 4.69) is 21.4 Å². The number of aromatic nitrogens is 2. The Morgan fingerprint density at radius 2 is 2.25 bits per heavy atom. The summed E-state index contributed by atoms with van der Waals surface area (Å²) in [7, 11) is 0. The third-order valence-corrected chi connectivity index (χ3v) is 4.96. The zero-order valence-corrected chi connectivity index (χ0v) is 12.5. The van der Waals surface area contributed by atoms with Crippen molar-refractivity contribution in [2.45, 2.75) is 19.4 Å². The van der Waals surface area contributed by atoms with Crippen LogP contribution in [0.4, 0.5) is 0 Å². The van der Waals surface area contributed by atoms with Crippen molar-refractivity contribution in [3.05, 3.63) is 11.1 Å². The molecule has 2 unspecified atom stereocenters. The summed E-state index contributed by atoms with van der Waals surface area (Å²) in [6, 6.07) is 0.466. The quantitative estimate of drug-likeness (QED) is 0.822. The highest BCUT2D eigenvalue weighted by Gasteiger charge is 2.38. The van der Waals surface area contributed by atoms with Gasteiger partial charge in [-0.15, -0.1) is 5.10 Å². The third-order valence-electron chi connectivity index (χ3n) is 4.30. The standard InChI is InChI=1S/C13H20N4O2S/c1-2-10-8-17(13(18)12-7-14-15-20-12)9-11(10)16-3-5-19-6-4-16/h7,10-11H,2-6,8-9H2,1H3. The van der Waals surface area contributed by atoms with E-state index < -0.39 is 0 Å². The van der Waals surface area contributed by atoms with Crippen LogP contribution in [0, 0.1) is 5.92 Å². The lowest BCUT2D eigenvalue weighted by atomic mass is 9.99. The Balaban J connectivity index is 1.69. The minimum atomic E-state index is 0.0780. The summed E-state index contributed by atoms with van der Waals surface area (Å²) >= 11 is 1.18. The molecule has 2 saturated heterocycles. The molecular weight excluding hydrogens is 276 g/mol. The molecule has 20 heavy (non-hydrogen) atoms. The van der Waals surface area contributed by atoms with E-state index in [1.807, 2.05) is 4.90 Å². The number of carbonyl (C=O) groups excluding carboxylic acids is 1. The van der Waals surface area contributed by atoms with Crippen LogP contribution in [0.25, 0.3) is 0 Å². The summed E-state index contributed by atoms with van der Waals surface area (Å²) in [4.78, 5) is 17.5. The Labute approximate surface area is 122 Å². The summed E-state index contributed by atoms with van der Waals surface area (Å²) in [5.41, 5.74) is 0. The normalized spacial score (nSPS) is 27.9. The van der Waals surface area contributed by atoms with Crippen molar-refractivity contribution in [2.75, 3.05) is 39.4 Å². The number of ether oxygens (including phenoxy) is 1. The van der Waals surface area contributed by atoms with E-state index in [1.165, 1.54) is 11.5 Å². The molecule has 1 aromatic heterocycles. The predicted octanol–water partition coefficient (Wildman–Crippen LogP) is 0.721. The second-order valence-corrected chi connectivity index (χ2v) is 6.16. The number of morpholine rings is 1. The van der Waals surface area contributed by atoms with Gasteiger partial charge in [0.2, 0.25) is 0 Å². The molecule has 0 saturated carbocycles. The third kappa shape index (κ3) is 2.70. The highest BCUT2D eigenvalue weighted by molar-refractivity contribution is 7.07. The van der Waals surface area contributed by atoms with Crippen molar-refractivity contribution < 1.29 is 9.53 Å². The summed E-state index contributed by atoms with van der Waals surface area (Å²) < 4.78 is 9.20. The van der Waals surface area contributed by atoms with E-state index in [1.54, 1.807) is 6.20 Å². The first-order valence-electron chi connectivity index (χ1n) is 7.18. The SMILES string of the molecule is CCC1CN(C(=O)c2cnns2)CC1N1CCOCC1. The highest BCUT2D eigenvalue weighted by Crippen LogP contribution is 2.27. The fraction of sp³-hybridized carbons (Fsp3) is 0.769. The molecule has 7 heteroatoms. The first kappa shape index (κ1) is 13.9. The van der Waals surface area contributed by atoms with Crippen molar-refractivity contribution in [3.8, 4) is 0 Å². The van der Waals surface area contributed by atoms with Gasteiger partial charge in [0.1, 0.15) is 4.88 Å². The molecule has 0 aliphatic carbocycles. The van der Waals surface area contributed by atoms with Gasteiger partial charge in [-0.2, -0.15) is 0 Å². The van der Waals surface area contributed by atoms with Crippen molar-refractivity contribution in [1.29, 1.82) is 0 Å². The van der Waals surface area contributed by atoms with Crippen LogP contribution in [0.1, 0.15) is 23.0 Å². The zero-order valence-electron chi connectivity index (χ0n) is 11.7. The van der Waals surface area contributed by atoms with Crippen LogP contribution in [0.3, 0.4) is 0 Å². The molecule has 0 aromatic carbocycles. The van der Waals surface area contributed by atoms with Gasteiger partial charge in [0.25, 0.3) is 5.91 Å². The number of carbonyl (C=O) groups is 1. The maximum atomic E-state index is 12.4. The van der Waals surface area contributed by atoms with E-state index in [-0.39, 0.29) is 5.91 Å². The molecule has 0 bridgehead atoms. The van der Waals surface area contributed by atoms with E-state index >= 15 is 0 Å². The monoisotopic (exact) mass is 296 g/mol. The van der Waals surface area contributed by atoms with Crippen LogP contribution in [0.5, 0.6) is 0 Å². The summed E-state index contributed by atoms with van der Waals surface area (Å²) in [5.74, 6) is 0.632. The van der Waals surface area contributed by atoms with Crippen LogP contribution in [0.2, 0.25) is 0 Å². The average Bonchev–Trinajstić information content (AvgIpc) is 3.17. The van der Waals surface area contributed by atoms with Crippen LogP contribution in [-0.4, -0.2) is 70.7 Å². The van der Waals surface area contributed by atoms with Gasteiger partial charge >= 0.3 is 0 Å². The molecule has 3 heterocycles. The second kappa shape index (κ2) is 6.15. The molecule has 0 radical (unpaired) electrons. The Morgan fingerprint density at radius 3 is 2.90 bits per heavy atom. The number of amides is 1. The maximum absolute atomic E-state index is 12.4. The van der Waals surface area contributed by atoms with E-state index in [0.29, 0.717) is 16.8 Å². The number of hydrogen-bond acceptors (Lipinski definition) is 6. The van der Waals surface area contributed by atoms with Crippen molar-refractivity contribution in [2.24, 2.45) is 5.92 Å². The maximum Gasteiger partial charge on any atom is 0.267 e. The summed E-state index contributed by atoms with van der Waals surface area (Å²) in [5, 5.41) is 3.76. The fourth-order valence-electron chi connectivity index (χ4n) is 3.16. The van der Waals surface area contributed by atoms with Gasteiger partial charge in [-0.25, -0.2) is 0 Å². The minimum Gasteiger partial charge on any atom is -0.379 e. The predicted molar refractivity (Wildman–Crippen MR) is 75.8 cm³/mol. The van der Waals surface area contributed by atoms with Crippen LogP contribution in [0.15, 0.2) is 6.20 Å². The molecule has 3 rings (SSSR count). The smallest absolute Gasteiger partial charge is 0.267 e. The lowest BCUT2D eigenvalue weighted by molar-refractivity contribution is 0.0103. The largest absolute Gasteiger partial charge is 0.379 e. The lowest BCUT2D eigenvalue weighted by Gasteiger charge is -2.34. The molecule has 1 aromatic rings. The van der Waals surface area contributed by atoms with E-state index in [0.717, 1.165) is 45.8 Å². The number of nitrogens with zero attached hydrogens (tertiary/aromatic N) is 4. The van der Waals surface area contributed by atoms with Crippen molar-refractivity contribution in [3.63, 3.8) is 0 Å². The van der Waals surface area contributed by atoms with Crippen LogP contribution < -0.4 is 0 Å². The summed E-state index contributed by atoms with van der Waals surface area (Å²) in [6.07, 6.45) is 2.67. The molecule has 6 nitrogen and oxygen atoms in total. The van der Waals surface area contributed by atoms with Gasteiger partial charge < -0.3 is 9.64 Å². The molecule has 2 aliphatic heterocycles. The van der Waals surface area contributed by atoms with Gasteiger partial charge in [0.15, 0.2) is 0 Å². The lowest BCUT2D eigenvalue weighted by Crippen LogP contribution is -2.47. The molecule has 0 spiro atoms. The molecular formula is C13H20N4O2S. The molecule has 2 aliphatic rings. The Kier molecular flexibility index (Phi) is 4.28. The van der Waals surface area contributed by atoms with E-state index in [4.69, 9.17) is 4.74 Å². The summed E-state index contributed by atoms with van der Waals surface area (Å²) in [6.45, 7) is 7.43. The zero-order chi connectivity index (χ0) is 13.9. The molecule has 2 fully saturated rings. The topological polar surface area (TPSA) is 58.6 Å². The first-order valence-corrected chi connectivity index (χ1v) is 7.95. The van der Waals surface area contributed by atoms with Gasteiger partial charge in [-0.05, 0) is 17.5 Å². The van der Waals surface area contributed by atoms with Gasteiger partial charge in [-0.1, -0.05) is 17.8 Å². The minimum absolute atomic E-state index is 0.0780. The Hall–Kier alpha value is -1.05. The van der Waals surface area contributed by atoms with Crippen molar-refractivity contribution >= 4 is 17.4 Å². The second-order valence-electron chi connectivity index (χ2n) is 5.38. The van der Waals surface area contributed by atoms with Gasteiger partial charge in [0.05, 0.1) is 19.4 Å². The molecule has 1 amide bonds. The number of hydrogen-bond donors (Lipinski definition) is 0. The van der Waals surface area contributed by atoms with Crippen LogP contribution >= 0.6 is 11.5 Å². The number of rotatable bonds is 3. The molecule has 2 atom stereocenters. The van der Waals surface area contributed by atoms with Crippen molar-refractivity contribution in [1.82, 2.24) is 19.4 Å². The molecule has 110 valence electrons. The Morgan fingerprint density at radius 1 is 1.45 bits per heavy atom. The fourth-order valence-corrected chi connectivity index (χ4v) is 3.64. The van der Waals surface area contributed by atoms with E-state index in [9.17, 15) is 4.79 Å². The Bertz CT molecular complexity index is 447. The molecule has 0 N–H and O–H groups in total. The first-order chi connectivity index (χ1) is 9.79. The van der Waals surface area contributed by atoms with Gasteiger partial charge in [-0.3, -0.25) is 9.69 Å². The van der Waals surface area contributed by atoms with Gasteiger partial charge in [0, 0.05) is 32.2 Å². The average molecular weight is 296 g/mol. The number of likely N-dealkylation sites (tertiary alicyclic amines) is 1.